The van der Waals surface area contributed by atoms with Crippen LogP contribution < -0.4 is 14.8 Å². The van der Waals surface area contributed by atoms with Crippen LogP contribution in [0.15, 0.2) is 90.3 Å². The Morgan fingerprint density at radius 1 is 0.898 bits per heavy atom. The highest BCUT2D eigenvalue weighted by Gasteiger charge is 2.32. The largest absolute Gasteiger partial charge is 0.497 e. The Morgan fingerprint density at radius 2 is 1.51 bits per heavy atom. The highest BCUT2D eigenvalue weighted by molar-refractivity contribution is 7.89. The molecular formula is C33H38N4O11S. The second-order valence-electron chi connectivity index (χ2n) is 10.7. The highest BCUT2D eigenvalue weighted by atomic mass is 32.2. The molecular weight excluding hydrogens is 660 g/mol. The molecule has 0 fully saturated rings. The smallest absolute Gasteiger partial charge is 0.408 e. The van der Waals surface area contributed by atoms with E-state index in [1.165, 1.54) is 49.6 Å². The lowest BCUT2D eigenvalue weighted by Crippen LogP contribution is -2.54. The number of sulfonamides is 1. The zero-order valence-corrected chi connectivity index (χ0v) is 28.0. The summed E-state index contributed by atoms with van der Waals surface area (Å²) in [6.45, 7) is 4.40. The van der Waals surface area contributed by atoms with Crippen molar-refractivity contribution in [3.8, 4) is 5.75 Å². The number of nitro groups is 1. The van der Waals surface area contributed by atoms with Gasteiger partial charge in [0.2, 0.25) is 10.0 Å². The number of alkyl carbamates (subject to hydrolysis) is 1. The second-order valence-corrected chi connectivity index (χ2v) is 12.4. The molecule has 0 spiro atoms. The molecule has 2 N–H and O–H groups in total. The zero-order valence-electron chi connectivity index (χ0n) is 27.2. The number of nitro benzene ring substituents is 1. The first-order valence-corrected chi connectivity index (χ1v) is 16.3. The number of nitrogens with zero attached hydrogens (tertiary/aromatic N) is 2. The van der Waals surface area contributed by atoms with Crippen molar-refractivity contribution < 1.29 is 46.7 Å². The average molecular weight is 699 g/mol. The van der Waals surface area contributed by atoms with Crippen LogP contribution in [-0.2, 0) is 47.0 Å². The summed E-state index contributed by atoms with van der Waals surface area (Å²) in [4.78, 5) is 50.8. The number of carbonyl (C=O) groups excluding carboxylic acids is 3. The van der Waals surface area contributed by atoms with Crippen LogP contribution in [0, 0.1) is 17.0 Å². The number of carbonyl (C=O) groups is 3. The first-order valence-electron chi connectivity index (χ1n) is 14.8. The van der Waals surface area contributed by atoms with E-state index in [9.17, 15) is 32.9 Å². The van der Waals surface area contributed by atoms with E-state index < -0.39 is 45.1 Å². The Bertz CT molecular complexity index is 1700. The van der Waals surface area contributed by atoms with Crippen LogP contribution in [0.3, 0.4) is 0 Å². The molecule has 0 aromatic heterocycles. The third-order valence-corrected chi connectivity index (χ3v) is 8.49. The summed E-state index contributed by atoms with van der Waals surface area (Å²) in [6, 6.07) is 15.5. The van der Waals surface area contributed by atoms with E-state index in [1.54, 1.807) is 48.2 Å². The molecule has 0 saturated carbocycles. The molecule has 0 unspecified atom stereocenters. The Labute approximate surface area is 284 Å². The number of hydrogen-bond donors (Lipinski definition) is 2. The third kappa shape index (κ3) is 12.0. The van der Waals surface area contributed by atoms with Crippen molar-refractivity contribution in [2.24, 2.45) is 0 Å². The summed E-state index contributed by atoms with van der Waals surface area (Å²) in [7, 11) is -1.58. The number of methoxy groups -OCH3 is 2. The minimum atomic E-state index is -4.20. The molecule has 0 aliphatic rings. The van der Waals surface area contributed by atoms with Gasteiger partial charge in [-0.05, 0) is 54.4 Å². The molecule has 3 aromatic carbocycles. The number of hydrogen-bond acceptors (Lipinski definition) is 12. The van der Waals surface area contributed by atoms with E-state index in [0.717, 1.165) is 12.7 Å². The summed E-state index contributed by atoms with van der Waals surface area (Å²) < 4.78 is 49.6. The average Bonchev–Trinajstić information content (AvgIpc) is 3.09. The number of aryl methyl sites for hydroxylation is 1. The highest BCUT2D eigenvalue weighted by Crippen LogP contribution is 2.17. The molecule has 0 heterocycles. The Hall–Kier alpha value is -5.32. The SMILES string of the molecule is C=CCOC(=O)[C@H](CN(Cc1ccc(OC)cc1)C[C@@H](NS(=O)(=O)c1ccc(C)cc1)C(=O)OC)NC(=O)OCc1ccc([N+](=O)[O-])cc1. The standard InChI is InChI=1S/C33H38N4O11S/c1-5-18-47-32(39)29(34-33(40)48-22-25-8-12-26(13-9-25)37(41)42)20-36(19-24-10-14-27(45-3)15-11-24)21-30(31(38)46-4)35-49(43,44)28-16-6-23(2)7-17-28/h5-17,29-30,35H,1,18-22H2,2-4H3,(H,34,40)/t29-,30+/m0/s1. The van der Waals surface area contributed by atoms with Crippen molar-refractivity contribution in [3.05, 3.63) is 112 Å². The van der Waals surface area contributed by atoms with E-state index in [-0.39, 0.29) is 43.4 Å². The number of esters is 2. The van der Waals surface area contributed by atoms with Gasteiger partial charge >= 0.3 is 18.0 Å². The number of nitrogens with one attached hydrogen (secondary N) is 2. The van der Waals surface area contributed by atoms with Gasteiger partial charge in [0.15, 0.2) is 0 Å². The molecule has 15 nitrogen and oxygen atoms in total. The van der Waals surface area contributed by atoms with E-state index in [4.69, 9.17) is 18.9 Å². The van der Waals surface area contributed by atoms with Crippen LogP contribution in [0.5, 0.6) is 5.75 Å². The lowest BCUT2D eigenvalue weighted by Gasteiger charge is -2.30. The quantitative estimate of drug-likeness (QED) is 0.0649. The maximum atomic E-state index is 13.3. The van der Waals surface area contributed by atoms with Crippen LogP contribution in [0.25, 0.3) is 0 Å². The van der Waals surface area contributed by atoms with E-state index in [2.05, 4.69) is 16.6 Å². The van der Waals surface area contributed by atoms with Crippen molar-refractivity contribution in [1.82, 2.24) is 14.9 Å². The molecule has 1 amide bonds. The first kappa shape index (κ1) is 38.1. The van der Waals surface area contributed by atoms with Crippen LogP contribution in [0.1, 0.15) is 16.7 Å². The van der Waals surface area contributed by atoms with Crippen LogP contribution in [0.2, 0.25) is 0 Å². The van der Waals surface area contributed by atoms with Crippen molar-refractivity contribution >= 4 is 33.7 Å². The van der Waals surface area contributed by atoms with Gasteiger partial charge in [-0.3, -0.25) is 19.8 Å². The van der Waals surface area contributed by atoms with Gasteiger partial charge in [-0.1, -0.05) is 42.5 Å². The predicted molar refractivity (Wildman–Crippen MR) is 177 cm³/mol. The minimum absolute atomic E-state index is 0.0722. The Kier molecular flexibility index (Phi) is 14.2. The molecule has 16 heteroatoms. The number of ether oxygens (including phenoxy) is 4. The van der Waals surface area contributed by atoms with Gasteiger partial charge in [0.1, 0.15) is 31.0 Å². The number of amides is 1. The molecule has 0 bridgehead atoms. The van der Waals surface area contributed by atoms with Crippen LogP contribution in [0.4, 0.5) is 10.5 Å². The molecule has 49 heavy (non-hydrogen) atoms. The summed E-state index contributed by atoms with van der Waals surface area (Å²) >= 11 is 0. The zero-order chi connectivity index (χ0) is 36.0. The van der Waals surface area contributed by atoms with Crippen molar-refractivity contribution in [2.45, 2.75) is 37.1 Å². The summed E-state index contributed by atoms with van der Waals surface area (Å²) in [6.07, 6.45) is 0.331. The molecule has 262 valence electrons. The maximum Gasteiger partial charge on any atom is 0.408 e. The molecule has 0 radical (unpaired) electrons. The fourth-order valence-electron chi connectivity index (χ4n) is 4.45. The fraction of sp³-hybridized carbons (Fsp3) is 0.303. The molecule has 0 aliphatic carbocycles. The van der Waals surface area contributed by atoms with Crippen molar-refractivity contribution in [2.75, 3.05) is 33.9 Å². The number of benzene rings is 3. The topological polar surface area (TPSA) is 193 Å². The third-order valence-electron chi connectivity index (χ3n) is 7.00. The summed E-state index contributed by atoms with van der Waals surface area (Å²) in [5.41, 5.74) is 1.85. The van der Waals surface area contributed by atoms with Gasteiger partial charge in [-0.2, -0.15) is 4.72 Å². The maximum absolute atomic E-state index is 13.3. The van der Waals surface area contributed by atoms with Crippen LogP contribution >= 0.6 is 0 Å². The molecule has 0 saturated heterocycles. The van der Waals surface area contributed by atoms with E-state index in [0.29, 0.717) is 16.9 Å². The Balaban J connectivity index is 1.88. The second kappa shape index (κ2) is 18.3. The minimum Gasteiger partial charge on any atom is -0.497 e. The van der Waals surface area contributed by atoms with Crippen LogP contribution in [-0.4, -0.2) is 82.3 Å². The van der Waals surface area contributed by atoms with E-state index in [1.807, 2.05) is 0 Å². The van der Waals surface area contributed by atoms with Gasteiger partial charge < -0.3 is 24.3 Å². The first-order chi connectivity index (χ1) is 23.3. The van der Waals surface area contributed by atoms with Gasteiger partial charge in [0, 0.05) is 31.8 Å². The van der Waals surface area contributed by atoms with Gasteiger partial charge in [-0.15, -0.1) is 0 Å². The number of non-ortho nitro benzene ring substituents is 1. The van der Waals surface area contributed by atoms with Crippen molar-refractivity contribution in [3.63, 3.8) is 0 Å². The summed E-state index contributed by atoms with van der Waals surface area (Å²) in [5.74, 6) is -1.17. The molecule has 3 rings (SSSR count). The molecule has 3 aromatic rings. The fourth-order valence-corrected chi connectivity index (χ4v) is 5.63. The molecule has 0 aliphatic heterocycles. The van der Waals surface area contributed by atoms with E-state index >= 15 is 0 Å². The van der Waals surface area contributed by atoms with Crippen molar-refractivity contribution in [1.29, 1.82) is 0 Å². The molecule has 2 atom stereocenters. The summed E-state index contributed by atoms with van der Waals surface area (Å²) in [5, 5.41) is 13.4. The normalized spacial score (nSPS) is 12.3. The lowest BCUT2D eigenvalue weighted by atomic mass is 10.1. The van der Waals surface area contributed by atoms with Gasteiger partial charge in [-0.25, -0.2) is 18.0 Å². The van der Waals surface area contributed by atoms with Gasteiger partial charge in [0.05, 0.1) is 24.0 Å². The lowest BCUT2D eigenvalue weighted by molar-refractivity contribution is -0.384. The van der Waals surface area contributed by atoms with Gasteiger partial charge in [0.25, 0.3) is 5.69 Å². The predicted octanol–water partition coefficient (Wildman–Crippen LogP) is 3.26. The Morgan fingerprint density at radius 3 is 2.08 bits per heavy atom. The number of rotatable bonds is 18. The monoisotopic (exact) mass is 698 g/mol.